The standard InChI is InChI=1S/C9H13N.C2H4.CH4O/c1-10-8-7-9-5-3-2-4-6-9;2*1-2/h2-6,10H,7-8H2,1H3;1-2H2;2H,1H3. The highest BCUT2D eigenvalue weighted by atomic mass is 16.2. The molecule has 14 heavy (non-hydrogen) atoms. The molecule has 1 aromatic carbocycles. The first-order chi connectivity index (χ1) is 6.93. The maximum Gasteiger partial charge on any atom is 0.0319 e. The summed E-state index contributed by atoms with van der Waals surface area (Å²) < 4.78 is 0. The van der Waals surface area contributed by atoms with Gasteiger partial charge in [-0.15, -0.1) is 13.2 Å². The molecule has 2 heteroatoms. The molecule has 0 aromatic heterocycles. The number of rotatable bonds is 3. The van der Waals surface area contributed by atoms with Crippen LogP contribution in [-0.4, -0.2) is 25.8 Å². The number of nitrogens with one attached hydrogen (secondary N) is 1. The lowest BCUT2D eigenvalue weighted by Crippen LogP contribution is -2.09. The summed E-state index contributed by atoms with van der Waals surface area (Å²) in [5.74, 6) is 0. The van der Waals surface area contributed by atoms with Crippen molar-refractivity contribution in [2.45, 2.75) is 6.42 Å². The van der Waals surface area contributed by atoms with E-state index < -0.39 is 0 Å². The molecule has 0 bridgehead atoms. The molecule has 0 saturated heterocycles. The normalized spacial score (nSPS) is 7.64. The van der Waals surface area contributed by atoms with Crippen molar-refractivity contribution in [3.8, 4) is 0 Å². The fourth-order valence-electron chi connectivity index (χ4n) is 0.914. The van der Waals surface area contributed by atoms with E-state index in [4.69, 9.17) is 5.11 Å². The lowest BCUT2D eigenvalue weighted by Gasteiger charge is -1.97. The van der Waals surface area contributed by atoms with Gasteiger partial charge in [0.15, 0.2) is 0 Å². The highest BCUT2D eigenvalue weighted by Gasteiger charge is 1.86. The molecule has 0 saturated carbocycles. The summed E-state index contributed by atoms with van der Waals surface area (Å²) >= 11 is 0. The molecular weight excluding hydrogens is 174 g/mol. The largest absolute Gasteiger partial charge is 0.400 e. The second kappa shape index (κ2) is 14.4. The van der Waals surface area contributed by atoms with Crippen molar-refractivity contribution >= 4 is 0 Å². The monoisotopic (exact) mass is 195 g/mol. The third-order valence-corrected chi connectivity index (χ3v) is 1.51. The molecule has 0 heterocycles. The molecule has 0 aliphatic carbocycles. The number of hydrogen-bond acceptors (Lipinski definition) is 2. The van der Waals surface area contributed by atoms with E-state index in [0.717, 1.165) is 20.1 Å². The molecule has 0 amide bonds. The van der Waals surface area contributed by atoms with E-state index in [1.54, 1.807) is 0 Å². The highest BCUT2D eigenvalue weighted by Crippen LogP contribution is 1.97. The molecule has 0 atom stereocenters. The molecule has 1 aromatic rings. The van der Waals surface area contributed by atoms with Crippen LogP contribution in [-0.2, 0) is 6.42 Å². The average Bonchev–Trinajstić information content (AvgIpc) is 2.33. The Morgan fingerprint density at radius 2 is 1.64 bits per heavy atom. The molecule has 0 aliphatic rings. The highest BCUT2D eigenvalue weighted by molar-refractivity contribution is 5.14. The Hall–Kier alpha value is -1.12. The quantitative estimate of drug-likeness (QED) is 0.722. The molecule has 0 radical (unpaired) electrons. The summed E-state index contributed by atoms with van der Waals surface area (Å²) in [6, 6.07) is 10.5. The summed E-state index contributed by atoms with van der Waals surface area (Å²) in [4.78, 5) is 0. The van der Waals surface area contributed by atoms with E-state index in [-0.39, 0.29) is 0 Å². The smallest absolute Gasteiger partial charge is 0.0319 e. The summed E-state index contributed by atoms with van der Waals surface area (Å²) in [6.45, 7) is 7.06. The van der Waals surface area contributed by atoms with Crippen molar-refractivity contribution in [2.75, 3.05) is 20.7 Å². The van der Waals surface area contributed by atoms with Crippen LogP contribution >= 0.6 is 0 Å². The fraction of sp³-hybridized carbons (Fsp3) is 0.333. The van der Waals surface area contributed by atoms with Gasteiger partial charge in [-0.3, -0.25) is 0 Å². The zero-order valence-electron chi connectivity index (χ0n) is 9.16. The first kappa shape index (κ1) is 15.4. The van der Waals surface area contributed by atoms with Crippen LogP contribution in [0.1, 0.15) is 5.56 Å². The van der Waals surface area contributed by atoms with Gasteiger partial charge >= 0.3 is 0 Å². The Morgan fingerprint density at radius 3 is 2.07 bits per heavy atom. The summed E-state index contributed by atoms with van der Waals surface area (Å²) in [5.41, 5.74) is 1.40. The summed E-state index contributed by atoms with van der Waals surface area (Å²) in [7, 11) is 2.98. The van der Waals surface area contributed by atoms with Crippen molar-refractivity contribution in [2.24, 2.45) is 0 Å². The van der Waals surface area contributed by atoms with E-state index >= 15 is 0 Å². The SMILES string of the molecule is C=C.CNCCc1ccccc1.CO. The topological polar surface area (TPSA) is 32.3 Å². The van der Waals surface area contributed by atoms with Crippen LogP contribution in [0.15, 0.2) is 43.5 Å². The van der Waals surface area contributed by atoms with Crippen LogP contribution < -0.4 is 5.32 Å². The van der Waals surface area contributed by atoms with Crippen molar-refractivity contribution < 1.29 is 5.11 Å². The van der Waals surface area contributed by atoms with Gasteiger partial charge in [0.2, 0.25) is 0 Å². The molecule has 80 valence electrons. The maximum atomic E-state index is 7.00. The molecule has 0 spiro atoms. The van der Waals surface area contributed by atoms with E-state index in [0.29, 0.717) is 0 Å². The maximum absolute atomic E-state index is 7.00. The summed E-state index contributed by atoms with van der Waals surface area (Å²) in [6.07, 6.45) is 1.12. The third kappa shape index (κ3) is 8.97. The first-order valence-corrected chi connectivity index (χ1v) is 4.57. The second-order valence-electron chi connectivity index (χ2n) is 2.34. The number of benzene rings is 1. The van der Waals surface area contributed by atoms with E-state index in [2.05, 4.69) is 42.7 Å². The number of hydrogen-bond donors (Lipinski definition) is 2. The molecular formula is C12H21NO. The Kier molecular flexibility index (Phi) is 15.8. The Balaban J connectivity index is 0. The first-order valence-electron chi connectivity index (χ1n) is 4.57. The van der Waals surface area contributed by atoms with Crippen LogP contribution in [0.2, 0.25) is 0 Å². The van der Waals surface area contributed by atoms with Gasteiger partial charge in [-0.2, -0.15) is 0 Å². The van der Waals surface area contributed by atoms with Crippen molar-refractivity contribution in [3.63, 3.8) is 0 Å². The van der Waals surface area contributed by atoms with Crippen LogP contribution in [0, 0.1) is 0 Å². The lowest BCUT2D eigenvalue weighted by atomic mass is 10.2. The predicted octanol–water partition coefficient (Wildman–Crippen LogP) is 1.86. The molecule has 1 rings (SSSR count). The van der Waals surface area contributed by atoms with Gasteiger partial charge in [-0.1, -0.05) is 30.3 Å². The molecule has 0 aliphatic heterocycles. The number of likely N-dealkylation sites (N-methyl/N-ethyl adjacent to an activating group) is 1. The number of aliphatic hydroxyl groups is 1. The molecule has 2 nitrogen and oxygen atoms in total. The Morgan fingerprint density at radius 1 is 1.14 bits per heavy atom. The van der Waals surface area contributed by atoms with Crippen LogP contribution in [0.25, 0.3) is 0 Å². The molecule has 0 unspecified atom stereocenters. The van der Waals surface area contributed by atoms with Gasteiger partial charge in [0, 0.05) is 7.11 Å². The minimum atomic E-state index is 1.00. The van der Waals surface area contributed by atoms with Crippen molar-refractivity contribution in [1.29, 1.82) is 0 Å². The van der Waals surface area contributed by atoms with E-state index in [1.165, 1.54) is 5.56 Å². The minimum Gasteiger partial charge on any atom is -0.400 e. The lowest BCUT2D eigenvalue weighted by molar-refractivity contribution is 0.399. The van der Waals surface area contributed by atoms with E-state index in [1.807, 2.05) is 13.1 Å². The van der Waals surface area contributed by atoms with Gasteiger partial charge in [0.25, 0.3) is 0 Å². The van der Waals surface area contributed by atoms with Gasteiger partial charge in [-0.25, -0.2) is 0 Å². The minimum absolute atomic E-state index is 1.00. The van der Waals surface area contributed by atoms with Crippen LogP contribution in [0.4, 0.5) is 0 Å². The van der Waals surface area contributed by atoms with Crippen molar-refractivity contribution in [1.82, 2.24) is 5.32 Å². The van der Waals surface area contributed by atoms with Crippen molar-refractivity contribution in [3.05, 3.63) is 49.1 Å². The fourth-order valence-corrected chi connectivity index (χ4v) is 0.914. The van der Waals surface area contributed by atoms with Gasteiger partial charge in [0.05, 0.1) is 0 Å². The van der Waals surface area contributed by atoms with Crippen LogP contribution in [0.3, 0.4) is 0 Å². The van der Waals surface area contributed by atoms with Crippen LogP contribution in [0.5, 0.6) is 0 Å². The average molecular weight is 195 g/mol. The zero-order valence-corrected chi connectivity index (χ0v) is 9.16. The Bertz CT molecular complexity index is 187. The third-order valence-electron chi connectivity index (χ3n) is 1.51. The molecule has 2 N–H and O–H groups in total. The van der Waals surface area contributed by atoms with E-state index in [9.17, 15) is 0 Å². The predicted molar refractivity (Wildman–Crippen MR) is 63.5 cm³/mol. The van der Waals surface area contributed by atoms with Gasteiger partial charge in [0.1, 0.15) is 0 Å². The van der Waals surface area contributed by atoms with Gasteiger partial charge < -0.3 is 10.4 Å². The molecule has 0 fully saturated rings. The Labute approximate surface area is 87.3 Å². The number of aliphatic hydroxyl groups excluding tert-OH is 1. The van der Waals surface area contributed by atoms with Gasteiger partial charge in [-0.05, 0) is 25.6 Å². The summed E-state index contributed by atoms with van der Waals surface area (Å²) in [5, 5.41) is 10.1. The second-order valence-corrected chi connectivity index (χ2v) is 2.34. The zero-order chi connectivity index (χ0) is 11.2.